The van der Waals surface area contributed by atoms with Crippen LogP contribution in [0.4, 0.5) is 8.78 Å². The maximum absolute atomic E-state index is 13.3. The van der Waals surface area contributed by atoms with Crippen LogP contribution in [0.25, 0.3) is 0 Å². The molecule has 0 radical (unpaired) electrons. The largest absolute Gasteiger partial charge is 0.341 e. The second-order valence-corrected chi connectivity index (χ2v) is 7.93. The van der Waals surface area contributed by atoms with E-state index >= 15 is 0 Å². The van der Waals surface area contributed by atoms with Crippen LogP contribution in [0.15, 0.2) is 24.3 Å². The number of piperidine rings is 2. The lowest BCUT2D eigenvalue weighted by atomic mass is 9.76. The maximum Gasteiger partial charge on any atom is 0.251 e. The molecule has 2 fully saturated rings. The molecule has 142 valence electrons. The summed E-state index contributed by atoms with van der Waals surface area (Å²) in [5.74, 6) is -2.61. The third-order valence-electron chi connectivity index (χ3n) is 6.31. The normalized spacial score (nSPS) is 25.1. The Morgan fingerprint density at radius 2 is 1.73 bits per heavy atom. The highest BCUT2D eigenvalue weighted by molar-refractivity contribution is 5.78. The lowest BCUT2D eigenvalue weighted by Gasteiger charge is -2.46. The van der Waals surface area contributed by atoms with E-state index < -0.39 is 5.92 Å². The Hall–Kier alpha value is -1.53. The molecule has 1 aromatic carbocycles. The zero-order valence-corrected chi connectivity index (χ0v) is 15.1. The Labute approximate surface area is 153 Å². The van der Waals surface area contributed by atoms with E-state index in [4.69, 9.17) is 0 Å². The van der Waals surface area contributed by atoms with Crippen molar-refractivity contribution in [1.82, 2.24) is 15.1 Å². The molecule has 1 spiro atoms. The summed E-state index contributed by atoms with van der Waals surface area (Å²) in [6.45, 7) is 3.42. The Kier molecular flexibility index (Phi) is 4.73. The molecular formula is C20H27F2N3O. The van der Waals surface area contributed by atoms with Crippen LogP contribution in [0, 0.1) is 0 Å². The minimum atomic E-state index is -2.60. The minimum Gasteiger partial charge on any atom is -0.341 e. The quantitative estimate of drug-likeness (QED) is 0.876. The molecule has 26 heavy (non-hydrogen) atoms. The summed E-state index contributed by atoms with van der Waals surface area (Å²) in [5, 5.41) is 3.73. The van der Waals surface area contributed by atoms with Gasteiger partial charge in [-0.1, -0.05) is 24.3 Å². The monoisotopic (exact) mass is 363 g/mol. The summed E-state index contributed by atoms with van der Waals surface area (Å²) in [4.78, 5) is 16.3. The predicted molar refractivity (Wildman–Crippen MR) is 96.3 cm³/mol. The molecule has 3 heterocycles. The number of fused-ring (bicyclic) bond motifs is 2. The van der Waals surface area contributed by atoms with Gasteiger partial charge in [-0.3, -0.25) is 9.69 Å². The van der Waals surface area contributed by atoms with Crippen molar-refractivity contribution in [3.05, 3.63) is 35.4 Å². The fourth-order valence-electron chi connectivity index (χ4n) is 4.65. The molecule has 0 aromatic heterocycles. The molecule has 3 aliphatic heterocycles. The number of nitrogens with one attached hydrogen (secondary N) is 1. The highest BCUT2D eigenvalue weighted by Gasteiger charge is 2.40. The molecule has 0 atom stereocenters. The van der Waals surface area contributed by atoms with E-state index in [1.165, 1.54) is 11.1 Å². The van der Waals surface area contributed by atoms with Gasteiger partial charge in [0.05, 0.1) is 6.54 Å². The summed E-state index contributed by atoms with van der Waals surface area (Å²) in [6.07, 6.45) is 2.62. The third-order valence-corrected chi connectivity index (χ3v) is 6.31. The van der Waals surface area contributed by atoms with Crippen molar-refractivity contribution < 1.29 is 13.6 Å². The van der Waals surface area contributed by atoms with Crippen molar-refractivity contribution in [2.45, 2.75) is 43.6 Å². The summed E-state index contributed by atoms with van der Waals surface area (Å²) in [6, 6.07) is 8.67. The SMILES string of the molecule is O=C(CN1CCC2(CC1)NCCc1ccccc12)N1CCC(F)(F)CC1. The lowest BCUT2D eigenvalue weighted by Crippen LogP contribution is -2.55. The average Bonchev–Trinajstić information content (AvgIpc) is 2.64. The van der Waals surface area contributed by atoms with Crippen LogP contribution in [0.3, 0.4) is 0 Å². The zero-order valence-electron chi connectivity index (χ0n) is 15.1. The third kappa shape index (κ3) is 3.49. The topological polar surface area (TPSA) is 35.6 Å². The zero-order chi connectivity index (χ0) is 18.2. The van der Waals surface area contributed by atoms with Gasteiger partial charge in [0, 0.05) is 51.1 Å². The first-order valence-corrected chi connectivity index (χ1v) is 9.69. The van der Waals surface area contributed by atoms with Gasteiger partial charge in [0.2, 0.25) is 5.91 Å². The van der Waals surface area contributed by atoms with E-state index in [0.717, 1.165) is 38.9 Å². The fourth-order valence-corrected chi connectivity index (χ4v) is 4.65. The van der Waals surface area contributed by atoms with Gasteiger partial charge in [-0.15, -0.1) is 0 Å². The Bertz CT molecular complexity index is 661. The molecule has 0 aliphatic carbocycles. The van der Waals surface area contributed by atoms with Crippen molar-refractivity contribution in [3.63, 3.8) is 0 Å². The van der Waals surface area contributed by atoms with Gasteiger partial charge in [0.25, 0.3) is 5.92 Å². The van der Waals surface area contributed by atoms with E-state index in [-0.39, 0.29) is 37.4 Å². The summed E-state index contributed by atoms with van der Waals surface area (Å²) in [7, 11) is 0. The predicted octanol–water partition coefficient (Wildman–Crippen LogP) is 2.38. The number of alkyl halides is 2. The van der Waals surface area contributed by atoms with E-state index in [1.54, 1.807) is 4.90 Å². The molecule has 1 amide bonds. The first-order chi connectivity index (χ1) is 12.5. The fraction of sp³-hybridized carbons (Fsp3) is 0.650. The van der Waals surface area contributed by atoms with Crippen LogP contribution in [-0.2, 0) is 16.8 Å². The molecule has 2 saturated heterocycles. The van der Waals surface area contributed by atoms with E-state index in [9.17, 15) is 13.6 Å². The molecule has 1 aromatic rings. The van der Waals surface area contributed by atoms with Gasteiger partial charge in [0.1, 0.15) is 0 Å². The van der Waals surface area contributed by atoms with Gasteiger partial charge in [-0.2, -0.15) is 0 Å². The smallest absolute Gasteiger partial charge is 0.251 e. The van der Waals surface area contributed by atoms with Crippen LogP contribution in [0.5, 0.6) is 0 Å². The number of nitrogens with zero attached hydrogens (tertiary/aromatic N) is 2. The number of likely N-dealkylation sites (tertiary alicyclic amines) is 2. The minimum absolute atomic E-state index is 0.00606. The molecule has 4 rings (SSSR count). The lowest BCUT2D eigenvalue weighted by molar-refractivity contribution is -0.138. The molecule has 0 saturated carbocycles. The van der Waals surface area contributed by atoms with E-state index in [1.807, 2.05) is 0 Å². The number of hydrogen-bond acceptors (Lipinski definition) is 3. The van der Waals surface area contributed by atoms with Gasteiger partial charge in [0.15, 0.2) is 0 Å². The maximum atomic E-state index is 13.3. The Morgan fingerprint density at radius 1 is 1.04 bits per heavy atom. The van der Waals surface area contributed by atoms with Gasteiger partial charge < -0.3 is 10.2 Å². The molecular weight excluding hydrogens is 336 g/mol. The molecule has 4 nitrogen and oxygen atoms in total. The number of halogens is 2. The standard InChI is InChI=1S/C20H27F2N3O/c21-20(22)8-13-25(14-9-20)18(26)15-24-11-6-19(7-12-24)17-4-2-1-3-16(17)5-10-23-19/h1-4,23H,5-15H2. The number of carbonyl (C=O) groups excluding carboxylic acids is 1. The summed E-state index contributed by atoms with van der Waals surface area (Å²) < 4.78 is 26.5. The van der Waals surface area contributed by atoms with Crippen molar-refractivity contribution in [1.29, 1.82) is 0 Å². The second kappa shape index (κ2) is 6.89. The second-order valence-electron chi connectivity index (χ2n) is 7.93. The first kappa shape index (κ1) is 17.9. The first-order valence-electron chi connectivity index (χ1n) is 9.69. The van der Waals surface area contributed by atoms with Crippen molar-refractivity contribution in [2.24, 2.45) is 0 Å². The molecule has 3 aliphatic rings. The van der Waals surface area contributed by atoms with Crippen molar-refractivity contribution in [2.75, 3.05) is 39.3 Å². The molecule has 0 bridgehead atoms. The highest BCUT2D eigenvalue weighted by Crippen LogP contribution is 2.37. The Morgan fingerprint density at radius 3 is 2.46 bits per heavy atom. The number of hydrogen-bond donors (Lipinski definition) is 1. The van der Waals surface area contributed by atoms with Gasteiger partial charge in [-0.05, 0) is 30.4 Å². The van der Waals surface area contributed by atoms with Crippen LogP contribution in [-0.4, -0.2) is 60.9 Å². The van der Waals surface area contributed by atoms with Crippen LogP contribution >= 0.6 is 0 Å². The molecule has 0 unspecified atom stereocenters. The van der Waals surface area contributed by atoms with E-state index in [0.29, 0.717) is 6.54 Å². The highest BCUT2D eigenvalue weighted by atomic mass is 19.3. The van der Waals surface area contributed by atoms with Crippen LogP contribution in [0.1, 0.15) is 36.8 Å². The molecule has 6 heteroatoms. The van der Waals surface area contributed by atoms with Crippen LogP contribution < -0.4 is 5.32 Å². The number of carbonyl (C=O) groups is 1. The molecule has 1 N–H and O–H groups in total. The van der Waals surface area contributed by atoms with Crippen molar-refractivity contribution >= 4 is 5.91 Å². The van der Waals surface area contributed by atoms with Crippen molar-refractivity contribution in [3.8, 4) is 0 Å². The summed E-state index contributed by atoms with van der Waals surface area (Å²) in [5.41, 5.74) is 2.88. The Balaban J connectivity index is 1.34. The summed E-state index contributed by atoms with van der Waals surface area (Å²) >= 11 is 0. The van der Waals surface area contributed by atoms with E-state index in [2.05, 4.69) is 34.5 Å². The van der Waals surface area contributed by atoms with Gasteiger partial charge in [-0.25, -0.2) is 8.78 Å². The van der Waals surface area contributed by atoms with Gasteiger partial charge >= 0.3 is 0 Å². The number of benzene rings is 1. The number of amides is 1. The van der Waals surface area contributed by atoms with Crippen LogP contribution in [0.2, 0.25) is 0 Å². The number of rotatable bonds is 2. The average molecular weight is 363 g/mol.